The summed E-state index contributed by atoms with van der Waals surface area (Å²) in [7, 11) is 1.71. The molecular weight excluding hydrogens is 300 g/mol. The molecule has 2 aromatic heterocycles. The molecule has 0 fully saturated rings. The Labute approximate surface area is 130 Å². The second-order valence-corrected chi connectivity index (χ2v) is 5.93. The van der Waals surface area contributed by atoms with E-state index in [1.165, 1.54) is 0 Å². The highest BCUT2D eigenvalue weighted by molar-refractivity contribution is 7.09. The minimum Gasteiger partial charge on any atom is -0.339 e. The summed E-state index contributed by atoms with van der Waals surface area (Å²) in [6.45, 7) is 0.408. The van der Waals surface area contributed by atoms with Gasteiger partial charge in [-0.05, 0) is 23.6 Å². The van der Waals surface area contributed by atoms with E-state index >= 15 is 0 Å². The van der Waals surface area contributed by atoms with E-state index in [1.807, 2.05) is 17.5 Å². The number of thiophene rings is 1. The first-order valence-corrected chi connectivity index (χ1v) is 7.62. The van der Waals surface area contributed by atoms with Gasteiger partial charge in [-0.25, -0.2) is 4.68 Å². The van der Waals surface area contributed by atoms with Gasteiger partial charge in [-0.3, -0.25) is 9.59 Å². The van der Waals surface area contributed by atoms with Crippen molar-refractivity contribution in [2.75, 3.05) is 7.05 Å². The molecule has 0 bridgehead atoms. The Morgan fingerprint density at radius 1 is 1.27 bits per heavy atom. The summed E-state index contributed by atoms with van der Waals surface area (Å²) in [6, 6.07) is 10.9. The van der Waals surface area contributed by atoms with Gasteiger partial charge in [0.05, 0.1) is 11.9 Å². The van der Waals surface area contributed by atoms with Gasteiger partial charge in [-0.2, -0.15) is 0 Å². The molecular formula is C15H14N4O2S. The fourth-order valence-electron chi connectivity index (χ4n) is 2.10. The number of benzene rings is 1. The van der Waals surface area contributed by atoms with Crippen molar-refractivity contribution in [2.24, 2.45) is 0 Å². The monoisotopic (exact) mass is 314 g/mol. The number of amides is 1. The number of fused-ring (bicyclic) bond motifs is 1. The van der Waals surface area contributed by atoms with Crippen LogP contribution in [0.15, 0.2) is 46.6 Å². The summed E-state index contributed by atoms with van der Waals surface area (Å²) in [5.74, 6) is -0.180. The number of nitrogens with zero attached hydrogens (tertiary/aromatic N) is 4. The SMILES string of the molecule is CN(Cc1cccs1)C(=O)Cn1nnc2ccccc2c1=O. The van der Waals surface area contributed by atoms with Crippen LogP contribution in [0.4, 0.5) is 0 Å². The summed E-state index contributed by atoms with van der Waals surface area (Å²) in [6.07, 6.45) is 0. The van der Waals surface area contributed by atoms with E-state index in [9.17, 15) is 9.59 Å². The molecule has 6 nitrogen and oxygen atoms in total. The van der Waals surface area contributed by atoms with E-state index in [1.54, 1.807) is 47.5 Å². The second kappa shape index (κ2) is 6.07. The molecule has 0 aliphatic heterocycles. The molecule has 0 spiro atoms. The molecule has 0 atom stereocenters. The molecule has 7 heteroatoms. The third-order valence-electron chi connectivity index (χ3n) is 3.31. The maximum Gasteiger partial charge on any atom is 0.278 e. The largest absolute Gasteiger partial charge is 0.339 e. The molecule has 1 aromatic carbocycles. The molecule has 1 amide bonds. The zero-order valence-corrected chi connectivity index (χ0v) is 12.8. The summed E-state index contributed by atoms with van der Waals surface area (Å²) >= 11 is 1.59. The van der Waals surface area contributed by atoms with Gasteiger partial charge in [0.1, 0.15) is 12.1 Å². The Hall–Kier alpha value is -2.54. The van der Waals surface area contributed by atoms with Crippen molar-refractivity contribution >= 4 is 28.1 Å². The van der Waals surface area contributed by atoms with Crippen molar-refractivity contribution in [3.8, 4) is 0 Å². The lowest BCUT2D eigenvalue weighted by molar-refractivity contribution is -0.131. The third-order valence-corrected chi connectivity index (χ3v) is 4.17. The normalized spacial score (nSPS) is 10.8. The standard InChI is InChI=1S/C15H14N4O2S/c1-18(9-11-5-4-8-22-11)14(20)10-19-15(21)12-6-2-3-7-13(12)16-17-19/h2-8H,9-10H2,1H3. The molecule has 3 aromatic rings. The number of carbonyl (C=O) groups is 1. The van der Waals surface area contributed by atoms with Gasteiger partial charge in [-0.15, -0.1) is 16.4 Å². The van der Waals surface area contributed by atoms with Crippen LogP contribution in [-0.2, 0) is 17.9 Å². The second-order valence-electron chi connectivity index (χ2n) is 4.90. The number of aromatic nitrogens is 3. The van der Waals surface area contributed by atoms with E-state index < -0.39 is 0 Å². The van der Waals surface area contributed by atoms with Gasteiger partial charge in [0.15, 0.2) is 0 Å². The van der Waals surface area contributed by atoms with Crippen LogP contribution in [0, 0.1) is 0 Å². The van der Waals surface area contributed by atoms with Gasteiger partial charge in [0.25, 0.3) is 5.56 Å². The molecule has 0 saturated heterocycles. The van der Waals surface area contributed by atoms with Crippen molar-refractivity contribution in [2.45, 2.75) is 13.1 Å². The van der Waals surface area contributed by atoms with Gasteiger partial charge < -0.3 is 4.90 Å². The first-order valence-electron chi connectivity index (χ1n) is 6.74. The average molecular weight is 314 g/mol. The maximum atomic E-state index is 12.3. The summed E-state index contributed by atoms with van der Waals surface area (Å²) < 4.78 is 1.11. The van der Waals surface area contributed by atoms with Crippen molar-refractivity contribution in [3.05, 3.63) is 57.0 Å². The topological polar surface area (TPSA) is 68.1 Å². The van der Waals surface area contributed by atoms with Crippen LogP contribution in [0.25, 0.3) is 10.9 Å². The Morgan fingerprint density at radius 2 is 2.09 bits per heavy atom. The zero-order valence-electron chi connectivity index (χ0n) is 12.0. The highest BCUT2D eigenvalue weighted by Crippen LogP contribution is 2.11. The molecule has 3 rings (SSSR count). The Kier molecular flexibility index (Phi) is 3.97. The van der Waals surface area contributed by atoms with Gasteiger partial charge >= 0.3 is 0 Å². The molecule has 2 heterocycles. The van der Waals surface area contributed by atoms with Crippen LogP contribution < -0.4 is 5.56 Å². The molecule has 0 saturated carbocycles. The summed E-state index contributed by atoms with van der Waals surface area (Å²) in [5, 5.41) is 10.2. The molecule has 0 unspecified atom stereocenters. The Morgan fingerprint density at radius 3 is 2.86 bits per heavy atom. The fourth-order valence-corrected chi connectivity index (χ4v) is 2.86. The molecule has 0 aliphatic carbocycles. The molecule has 0 radical (unpaired) electrons. The fraction of sp³-hybridized carbons (Fsp3) is 0.200. The maximum absolute atomic E-state index is 12.3. The van der Waals surface area contributed by atoms with Crippen LogP contribution >= 0.6 is 11.3 Å². The Bertz CT molecular complexity index is 857. The molecule has 0 aliphatic rings. The van der Waals surface area contributed by atoms with E-state index in [2.05, 4.69) is 10.3 Å². The van der Waals surface area contributed by atoms with Gasteiger partial charge in [-0.1, -0.05) is 23.4 Å². The van der Waals surface area contributed by atoms with Crippen molar-refractivity contribution in [3.63, 3.8) is 0 Å². The van der Waals surface area contributed by atoms with Crippen LogP contribution in [0.2, 0.25) is 0 Å². The van der Waals surface area contributed by atoms with Crippen LogP contribution in [0.5, 0.6) is 0 Å². The number of likely N-dealkylation sites (N-methyl/N-ethyl adjacent to an activating group) is 1. The first kappa shape index (κ1) is 14.4. The van der Waals surface area contributed by atoms with Crippen LogP contribution in [-0.4, -0.2) is 32.8 Å². The van der Waals surface area contributed by atoms with Gasteiger partial charge in [0.2, 0.25) is 5.91 Å². The summed E-state index contributed by atoms with van der Waals surface area (Å²) in [4.78, 5) is 27.2. The first-order chi connectivity index (χ1) is 10.6. The highest BCUT2D eigenvalue weighted by Gasteiger charge is 2.13. The predicted molar refractivity (Wildman–Crippen MR) is 84.6 cm³/mol. The average Bonchev–Trinajstić information content (AvgIpc) is 3.03. The quantitative estimate of drug-likeness (QED) is 0.732. The zero-order chi connectivity index (χ0) is 15.5. The van der Waals surface area contributed by atoms with E-state index in [0.717, 1.165) is 9.56 Å². The van der Waals surface area contributed by atoms with E-state index in [0.29, 0.717) is 17.4 Å². The Balaban J connectivity index is 1.79. The number of rotatable bonds is 4. The number of carbonyl (C=O) groups excluding carboxylic acids is 1. The van der Waals surface area contributed by atoms with E-state index in [-0.39, 0.29) is 18.0 Å². The minimum absolute atomic E-state index is 0.113. The third kappa shape index (κ3) is 2.89. The smallest absolute Gasteiger partial charge is 0.278 e. The molecule has 22 heavy (non-hydrogen) atoms. The number of hydrogen-bond acceptors (Lipinski definition) is 5. The van der Waals surface area contributed by atoms with Crippen molar-refractivity contribution in [1.29, 1.82) is 0 Å². The van der Waals surface area contributed by atoms with Crippen molar-refractivity contribution in [1.82, 2.24) is 19.9 Å². The molecule has 112 valence electrons. The molecule has 0 N–H and O–H groups in total. The van der Waals surface area contributed by atoms with Crippen molar-refractivity contribution < 1.29 is 4.79 Å². The lowest BCUT2D eigenvalue weighted by Gasteiger charge is -2.16. The van der Waals surface area contributed by atoms with E-state index in [4.69, 9.17) is 0 Å². The highest BCUT2D eigenvalue weighted by atomic mass is 32.1. The van der Waals surface area contributed by atoms with Crippen LogP contribution in [0.1, 0.15) is 4.88 Å². The number of hydrogen-bond donors (Lipinski definition) is 0. The van der Waals surface area contributed by atoms with Crippen LogP contribution in [0.3, 0.4) is 0 Å². The minimum atomic E-state index is -0.302. The predicted octanol–water partition coefficient (Wildman–Crippen LogP) is 1.51. The lowest BCUT2D eigenvalue weighted by Crippen LogP contribution is -2.35. The van der Waals surface area contributed by atoms with Gasteiger partial charge in [0, 0.05) is 11.9 Å². The lowest BCUT2D eigenvalue weighted by atomic mass is 10.2. The summed E-state index contributed by atoms with van der Waals surface area (Å²) in [5.41, 5.74) is 0.228.